The van der Waals surface area contributed by atoms with Crippen molar-refractivity contribution in [1.29, 1.82) is 0 Å². The fourth-order valence-corrected chi connectivity index (χ4v) is 6.31. The summed E-state index contributed by atoms with van der Waals surface area (Å²) in [5.74, 6) is -2.39. The summed E-state index contributed by atoms with van der Waals surface area (Å²) >= 11 is 0. The molecule has 0 bridgehead atoms. The molecule has 8 N–H and O–H groups in total. The molecule has 226 valence electrons. The van der Waals surface area contributed by atoms with Gasteiger partial charge < -0.3 is 46.6 Å². The van der Waals surface area contributed by atoms with Crippen LogP contribution in [0.25, 0.3) is 0 Å². The molecule has 1 aliphatic rings. The monoisotopic (exact) mass is 596 g/mol. The molecule has 15 heteroatoms. The van der Waals surface area contributed by atoms with E-state index in [0.717, 1.165) is 25.0 Å². The molecule has 39 heavy (non-hydrogen) atoms. The van der Waals surface area contributed by atoms with Crippen LogP contribution in [0.3, 0.4) is 0 Å². The number of carbonyl (C=O) groups excluding carboxylic acids is 4. The summed E-state index contributed by atoms with van der Waals surface area (Å²) in [6, 6.07) is 0. The molecule has 0 aliphatic carbocycles. The van der Waals surface area contributed by atoms with Crippen LogP contribution in [0, 0.1) is 0 Å². The lowest BCUT2D eigenvalue weighted by atomic mass is 9.99. The predicted octanol–water partition coefficient (Wildman–Crippen LogP) is 0.347. The lowest BCUT2D eigenvalue weighted by Gasteiger charge is -2.44. The molecule has 0 aromatic heterocycles. The van der Waals surface area contributed by atoms with Gasteiger partial charge in [-0.05, 0) is 6.42 Å². The Kier molecular flexibility index (Phi) is 19.2. The zero-order valence-electron chi connectivity index (χ0n) is 22.6. The second-order valence-electron chi connectivity index (χ2n) is 8.80. The zero-order valence-corrected chi connectivity index (χ0v) is 24.2. The molecule has 1 aliphatic heterocycles. The van der Waals surface area contributed by atoms with Crippen LogP contribution in [0.1, 0.15) is 58.3 Å². The van der Waals surface area contributed by atoms with E-state index in [4.69, 9.17) is 46.6 Å². The van der Waals surface area contributed by atoms with Crippen LogP contribution in [0.15, 0.2) is 0 Å². The van der Waals surface area contributed by atoms with Crippen LogP contribution in [0.4, 0.5) is 0 Å². The molecule has 0 amide bonds. The van der Waals surface area contributed by atoms with Gasteiger partial charge in [-0.2, -0.15) is 0 Å². The average molecular weight is 597 g/mol. The van der Waals surface area contributed by atoms with E-state index in [1.807, 2.05) is 0 Å². The van der Waals surface area contributed by atoms with Gasteiger partial charge in [0.2, 0.25) is 0 Å². The van der Waals surface area contributed by atoms with Gasteiger partial charge >= 0.3 is 23.9 Å². The van der Waals surface area contributed by atoms with E-state index in [1.54, 1.807) is 0 Å². The minimum Gasteiger partial charge on any atom is -0.462 e. The SMILES string of the molecule is CCCCCCCCCCSSC1OC(COC(=O)CN)[C@@H](OC(=O)CN)[C@H](OC(=O)CN)[C@H]1OC(=O)CN. The quantitative estimate of drug-likeness (QED) is 0.0644. The summed E-state index contributed by atoms with van der Waals surface area (Å²) in [5.41, 5.74) is 20.7. The van der Waals surface area contributed by atoms with Crippen molar-refractivity contribution < 1.29 is 42.9 Å². The minimum atomic E-state index is -1.33. The highest BCUT2D eigenvalue weighted by atomic mass is 33.1. The first kappa shape index (κ1) is 35.4. The highest BCUT2D eigenvalue weighted by molar-refractivity contribution is 8.76. The first-order chi connectivity index (χ1) is 18.8. The van der Waals surface area contributed by atoms with Gasteiger partial charge in [0.25, 0.3) is 0 Å². The molecular weight excluding hydrogens is 552 g/mol. The molecule has 0 radical (unpaired) electrons. The largest absolute Gasteiger partial charge is 0.462 e. The topological polar surface area (TPSA) is 219 Å². The molecule has 0 spiro atoms. The molecule has 0 aromatic rings. The van der Waals surface area contributed by atoms with Crippen molar-refractivity contribution in [3.05, 3.63) is 0 Å². The van der Waals surface area contributed by atoms with Crippen LogP contribution in [-0.4, -0.2) is 92.3 Å². The normalized spacial score (nSPS) is 22.6. The number of esters is 4. The van der Waals surface area contributed by atoms with Crippen molar-refractivity contribution in [2.45, 2.75) is 88.1 Å². The van der Waals surface area contributed by atoms with Gasteiger partial charge in [0, 0.05) is 5.75 Å². The van der Waals surface area contributed by atoms with Crippen LogP contribution in [0.2, 0.25) is 0 Å². The highest BCUT2D eigenvalue weighted by Crippen LogP contribution is 2.39. The third-order valence-electron chi connectivity index (χ3n) is 5.71. The van der Waals surface area contributed by atoms with Crippen molar-refractivity contribution in [3.63, 3.8) is 0 Å². The number of rotatable bonds is 20. The van der Waals surface area contributed by atoms with E-state index in [-0.39, 0.29) is 13.2 Å². The Morgan fingerprint density at radius 1 is 0.667 bits per heavy atom. The zero-order chi connectivity index (χ0) is 29.0. The minimum absolute atomic E-state index is 0.369. The Morgan fingerprint density at radius 2 is 1.15 bits per heavy atom. The van der Waals surface area contributed by atoms with Gasteiger partial charge in [0.05, 0.1) is 26.2 Å². The second kappa shape index (κ2) is 21.2. The lowest BCUT2D eigenvalue weighted by Crippen LogP contribution is -2.62. The number of nitrogens with two attached hydrogens (primary N) is 4. The van der Waals surface area contributed by atoms with Crippen molar-refractivity contribution in [1.82, 2.24) is 0 Å². The molecule has 13 nitrogen and oxygen atoms in total. The maximum Gasteiger partial charge on any atom is 0.320 e. The fourth-order valence-electron chi connectivity index (χ4n) is 3.74. The van der Waals surface area contributed by atoms with E-state index in [2.05, 4.69) is 6.92 Å². The van der Waals surface area contributed by atoms with Crippen LogP contribution in [0.5, 0.6) is 0 Å². The molecule has 0 aromatic carbocycles. The molecule has 2 unspecified atom stereocenters. The number of hydrogen-bond donors (Lipinski definition) is 4. The van der Waals surface area contributed by atoms with Crippen molar-refractivity contribution >= 4 is 45.5 Å². The van der Waals surface area contributed by atoms with Crippen molar-refractivity contribution in [3.8, 4) is 0 Å². The molecule has 1 saturated heterocycles. The first-order valence-electron chi connectivity index (χ1n) is 13.3. The van der Waals surface area contributed by atoms with Crippen LogP contribution in [-0.2, 0) is 42.9 Å². The maximum absolute atomic E-state index is 12.2. The Hall–Kier alpha value is -1.62. The molecular formula is C24H44N4O9S2. The first-order valence-corrected chi connectivity index (χ1v) is 15.7. The standard InChI is InChI=1S/C24H44N4O9S2/c1-2-3-4-5-6-7-8-9-10-38-39-24-23(37-20(32)14-28)22(36-19(31)13-27)21(35-18(30)12-26)16(34-24)15-33-17(29)11-25/h16,21-24H,2-15,25-28H2,1H3/t16?,21-,22+,23-,24?/m1/s1. The molecule has 1 heterocycles. The third-order valence-corrected chi connectivity index (χ3v) is 8.35. The van der Waals surface area contributed by atoms with Gasteiger partial charge in [-0.15, -0.1) is 0 Å². The second-order valence-corrected chi connectivity index (χ2v) is 11.4. The van der Waals surface area contributed by atoms with Gasteiger partial charge in [-0.3, -0.25) is 19.2 Å². The average Bonchev–Trinajstić information content (AvgIpc) is 2.94. The number of unbranched alkanes of at least 4 members (excludes halogenated alkanes) is 7. The number of hydrogen-bond acceptors (Lipinski definition) is 15. The Morgan fingerprint density at radius 3 is 1.69 bits per heavy atom. The highest BCUT2D eigenvalue weighted by Gasteiger charge is 2.52. The van der Waals surface area contributed by atoms with Gasteiger partial charge in [0.1, 0.15) is 12.7 Å². The summed E-state index contributed by atoms with van der Waals surface area (Å²) in [7, 11) is 2.76. The summed E-state index contributed by atoms with van der Waals surface area (Å²) in [4.78, 5) is 48.3. The summed E-state index contributed by atoms with van der Waals surface area (Å²) < 4.78 is 27.6. The fraction of sp³-hybridized carbons (Fsp3) is 0.833. The Bertz CT molecular complexity index is 750. The summed E-state index contributed by atoms with van der Waals surface area (Å²) in [5, 5.41) is 0. The predicted molar refractivity (Wildman–Crippen MR) is 148 cm³/mol. The summed E-state index contributed by atoms with van der Waals surface area (Å²) in [6.07, 6.45) is 4.49. The molecule has 0 saturated carbocycles. The van der Waals surface area contributed by atoms with Crippen LogP contribution < -0.4 is 22.9 Å². The van der Waals surface area contributed by atoms with E-state index in [1.165, 1.54) is 53.7 Å². The van der Waals surface area contributed by atoms with Crippen molar-refractivity contribution in [2.24, 2.45) is 22.9 Å². The maximum atomic E-state index is 12.2. The van der Waals surface area contributed by atoms with E-state index < -0.39 is 73.4 Å². The van der Waals surface area contributed by atoms with E-state index in [9.17, 15) is 19.2 Å². The van der Waals surface area contributed by atoms with E-state index >= 15 is 0 Å². The van der Waals surface area contributed by atoms with Gasteiger partial charge in [0.15, 0.2) is 23.7 Å². The van der Waals surface area contributed by atoms with E-state index in [0.29, 0.717) is 0 Å². The smallest absolute Gasteiger partial charge is 0.320 e. The van der Waals surface area contributed by atoms with Crippen LogP contribution >= 0.6 is 21.6 Å². The summed E-state index contributed by atoms with van der Waals surface area (Å²) in [6.45, 7) is 0.0370. The number of carbonyl (C=O) groups is 4. The third kappa shape index (κ3) is 14.0. The Labute approximate surface area is 237 Å². The molecule has 5 atom stereocenters. The van der Waals surface area contributed by atoms with Gasteiger partial charge in [-0.1, -0.05) is 73.5 Å². The lowest BCUT2D eigenvalue weighted by molar-refractivity contribution is -0.238. The molecule has 1 rings (SSSR count). The van der Waals surface area contributed by atoms with Crippen molar-refractivity contribution in [2.75, 3.05) is 38.5 Å². The molecule has 1 fully saturated rings. The van der Waals surface area contributed by atoms with Gasteiger partial charge in [-0.25, -0.2) is 0 Å². The Balaban J connectivity index is 3.01. The number of ether oxygens (including phenoxy) is 5.